The molecule has 0 aromatic heterocycles. The number of carbonyl (C=O) groups excluding carboxylic acids is 1. The van der Waals surface area contributed by atoms with E-state index >= 15 is 0 Å². The van der Waals surface area contributed by atoms with Gasteiger partial charge in [-0.1, -0.05) is 26.2 Å². The lowest BCUT2D eigenvalue weighted by Crippen LogP contribution is -2.59. The third-order valence-electron chi connectivity index (χ3n) is 4.29. The molecule has 1 aliphatic rings. The Hall–Kier alpha value is -1.10. The molecular formula is C14H26N2O3. The first-order chi connectivity index (χ1) is 8.74. The summed E-state index contributed by atoms with van der Waals surface area (Å²) in [5.74, 6) is -1.08. The van der Waals surface area contributed by atoms with Crippen LogP contribution in [0.5, 0.6) is 0 Å². The minimum Gasteiger partial charge on any atom is -0.481 e. The quantitative estimate of drug-likeness (QED) is 0.708. The minimum atomic E-state index is -0.925. The number of hydrogen-bond donors (Lipinski definition) is 3. The molecule has 0 radical (unpaired) electrons. The zero-order valence-corrected chi connectivity index (χ0v) is 12.2. The Balaban J connectivity index is 2.79. The molecule has 1 saturated carbocycles. The van der Waals surface area contributed by atoms with Crippen molar-refractivity contribution in [3.63, 3.8) is 0 Å². The van der Waals surface area contributed by atoms with Crippen molar-refractivity contribution >= 4 is 11.9 Å². The molecule has 19 heavy (non-hydrogen) atoms. The lowest BCUT2D eigenvalue weighted by atomic mass is 9.71. The average molecular weight is 270 g/mol. The van der Waals surface area contributed by atoms with E-state index in [4.69, 9.17) is 5.73 Å². The van der Waals surface area contributed by atoms with Crippen LogP contribution in [0.1, 0.15) is 59.3 Å². The highest BCUT2D eigenvalue weighted by Gasteiger charge is 2.45. The van der Waals surface area contributed by atoms with Gasteiger partial charge in [0, 0.05) is 6.04 Å². The molecule has 3 atom stereocenters. The lowest BCUT2D eigenvalue weighted by Gasteiger charge is -2.39. The van der Waals surface area contributed by atoms with Crippen LogP contribution in [0, 0.1) is 5.41 Å². The van der Waals surface area contributed by atoms with Gasteiger partial charge in [-0.05, 0) is 33.1 Å². The fourth-order valence-electron chi connectivity index (χ4n) is 2.78. The van der Waals surface area contributed by atoms with E-state index in [0.29, 0.717) is 19.3 Å². The van der Waals surface area contributed by atoms with E-state index < -0.39 is 16.9 Å². The second-order valence-electron chi connectivity index (χ2n) is 6.16. The normalized spacial score (nSPS) is 30.4. The first-order valence-corrected chi connectivity index (χ1v) is 7.07. The SMILES string of the molecule is CCCC(C)(N)C(=O)NC1CCCCC1(C)C(=O)O. The highest BCUT2D eigenvalue weighted by atomic mass is 16.4. The highest BCUT2D eigenvalue weighted by molar-refractivity contribution is 5.87. The van der Waals surface area contributed by atoms with E-state index in [9.17, 15) is 14.7 Å². The van der Waals surface area contributed by atoms with Gasteiger partial charge in [-0.15, -0.1) is 0 Å². The smallest absolute Gasteiger partial charge is 0.311 e. The van der Waals surface area contributed by atoms with Gasteiger partial charge in [0.15, 0.2) is 0 Å². The maximum absolute atomic E-state index is 12.2. The number of carboxylic acid groups (broad SMARTS) is 1. The number of rotatable bonds is 5. The van der Waals surface area contributed by atoms with Gasteiger partial charge in [-0.3, -0.25) is 9.59 Å². The summed E-state index contributed by atoms with van der Waals surface area (Å²) in [5, 5.41) is 12.3. The van der Waals surface area contributed by atoms with E-state index in [1.54, 1.807) is 13.8 Å². The number of aliphatic carboxylic acids is 1. The number of carbonyl (C=O) groups is 2. The summed E-state index contributed by atoms with van der Waals surface area (Å²) in [6, 6.07) is -0.328. The Morgan fingerprint density at radius 1 is 1.47 bits per heavy atom. The fraction of sp³-hybridized carbons (Fsp3) is 0.857. The van der Waals surface area contributed by atoms with Crippen LogP contribution in [0.2, 0.25) is 0 Å². The third kappa shape index (κ3) is 3.47. The molecule has 1 amide bonds. The molecule has 0 aromatic carbocycles. The van der Waals surface area contributed by atoms with Crippen LogP contribution < -0.4 is 11.1 Å². The molecule has 0 spiro atoms. The topological polar surface area (TPSA) is 92.4 Å². The molecule has 4 N–H and O–H groups in total. The molecule has 3 unspecified atom stereocenters. The largest absolute Gasteiger partial charge is 0.481 e. The number of amides is 1. The zero-order valence-electron chi connectivity index (χ0n) is 12.2. The van der Waals surface area contributed by atoms with E-state index in [-0.39, 0.29) is 11.9 Å². The molecule has 0 bridgehead atoms. The Labute approximate surface area is 114 Å². The van der Waals surface area contributed by atoms with E-state index in [1.807, 2.05) is 6.92 Å². The molecule has 1 rings (SSSR count). The molecule has 0 aromatic rings. The Morgan fingerprint density at radius 3 is 2.63 bits per heavy atom. The van der Waals surface area contributed by atoms with E-state index in [2.05, 4.69) is 5.32 Å². The van der Waals surface area contributed by atoms with Crippen LogP contribution in [0.4, 0.5) is 0 Å². The zero-order chi connectivity index (χ0) is 14.7. The Kier molecular flexibility index (Phi) is 4.96. The van der Waals surface area contributed by atoms with Crippen molar-refractivity contribution in [3.8, 4) is 0 Å². The molecule has 5 nitrogen and oxygen atoms in total. The molecule has 0 saturated heterocycles. The van der Waals surface area contributed by atoms with Crippen LogP contribution in [0.3, 0.4) is 0 Å². The van der Waals surface area contributed by atoms with Crippen molar-refractivity contribution < 1.29 is 14.7 Å². The molecule has 110 valence electrons. The summed E-state index contributed by atoms with van der Waals surface area (Å²) in [7, 11) is 0. The van der Waals surface area contributed by atoms with Gasteiger partial charge >= 0.3 is 5.97 Å². The van der Waals surface area contributed by atoms with Crippen molar-refractivity contribution in [3.05, 3.63) is 0 Å². The third-order valence-corrected chi connectivity index (χ3v) is 4.29. The molecule has 0 aliphatic heterocycles. The number of nitrogens with one attached hydrogen (secondary N) is 1. The van der Waals surface area contributed by atoms with Gasteiger partial charge in [0.25, 0.3) is 0 Å². The van der Waals surface area contributed by atoms with E-state index in [0.717, 1.165) is 19.3 Å². The average Bonchev–Trinajstić information content (AvgIpc) is 2.31. The standard InChI is InChI=1S/C14H26N2O3/c1-4-8-14(3,15)11(17)16-10-7-5-6-9-13(10,2)12(18)19/h10H,4-9,15H2,1-3H3,(H,16,17)(H,18,19). The van der Waals surface area contributed by atoms with Gasteiger partial charge in [0.1, 0.15) is 0 Å². The van der Waals surface area contributed by atoms with Gasteiger partial charge in [0.05, 0.1) is 11.0 Å². The summed E-state index contributed by atoms with van der Waals surface area (Å²) in [4.78, 5) is 23.7. The fourth-order valence-corrected chi connectivity index (χ4v) is 2.78. The van der Waals surface area contributed by atoms with Crippen LogP contribution >= 0.6 is 0 Å². The second-order valence-corrected chi connectivity index (χ2v) is 6.16. The molecule has 1 fully saturated rings. The molecule has 5 heteroatoms. The number of carboxylic acids is 1. The van der Waals surface area contributed by atoms with Crippen molar-refractivity contribution in [2.24, 2.45) is 11.1 Å². The second kappa shape index (κ2) is 5.90. The summed E-state index contributed by atoms with van der Waals surface area (Å²) < 4.78 is 0. The van der Waals surface area contributed by atoms with Crippen LogP contribution in [-0.2, 0) is 9.59 Å². The van der Waals surface area contributed by atoms with Crippen molar-refractivity contribution in [2.45, 2.75) is 70.9 Å². The molecular weight excluding hydrogens is 244 g/mol. The van der Waals surface area contributed by atoms with Crippen molar-refractivity contribution in [2.75, 3.05) is 0 Å². The maximum Gasteiger partial charge on any atom is 0.311 e. The molecule has 1 aliphatic carbocycles. The predicted octanol–water partition coefficient (Wildman–Crippen LogP) is 1.65. The summed E-state index contributed by atoms with van der Waals surface area (Å²) in [6.45, 7) is 5.39. The highest BCUT2D eigenvalue weighted by Crippen LogP contribution is 2.36. The first kappa shape index (κ1) is 16.0. The van der Waals surface area contributed by atoms with Gasteiger partial charge in [-0.25, -0.2) is 0 Å². The van der Waals surface area contributed by atoms with E-state index in [1.165, 1.54) is 0 Å². The Morgan fingerprint density at radius 2 is 2.11 bits per heavy atom. The lowest BCUT2D eigenvalue weighted by molar-refractivity contribution is -0.152. The molecule has 0 heterocycles. The monoisotopic (exact) mass is 270 g/mol. The van der Waals surface area contributed by atoms with Crippen LogP contribution in [0.15, 0.2) is 0 Å². The maximum atomic E-state index is 12.2. The summed E-state index contributed by atoms with van der Waals surface area (Å²) in [5.41, 5.74) is 4.19. The first-order valence-electron chi connectivity index (χ1n) is 7.07. The minimum absolute atomic E-state index is 0.242. The summed E-state index contributed by atoms with van der Waals surface area (Å²) >= 11 is 0. The van der Waals surface area contributed by atoms with Gasteiger partial charge in [0.2, 0.25) is 5.91 Å². The predicted molar refractivity (Wildman–Crippen MR) is 73.6 cm³/mol. The van der Waals surface area contributed by atoms with Crippen LogP contribution in [-0.4, -0.2) is 28.6 Å². The number of hydrogen-bond acceptors (Lipinski definition) is 3. The van der Waals surface area contributed by atoms with Gasteiger partial charge < -0.3 is 16.2 Å². The van der Waals surface area contributed by atoms with Crippen molar-refractivity contribution in [1.29, 1.82) is 0 Å². The van der Waals surface area contributed by atoms with Gasteiger partial charge in [-0.2, -0.15) is 0 Å². The van der Waals surface area contributed by atoms with Crippen LogP contribution in [0.25, 0.3) is 0 Å². The Bertz CT molecular complexity index is 355. The van der Waals surface area contributed by atoms with Crippen molar-refractivity contribution in [1.82, 2.24) is 5.32 Å². The summed E-state index contributed by atoms with van der Waals surface area (Å²) in [6.07, 6.45) is 4.56. The number of nitrogens with two attached hydrogens (primary N) is 1.